The van der Waals surface area contributed by atoms with Crippen LogP contribution in [0.1, 0.15) is 38.9 Å². The van der Waals surface area contributed by atoms with Crippen molar-refractivity contribution in [3.63, 3.8) is 0 Å². The standard InChI is InChI=1S/C18H31N3O4.HI/c1-3-19-17(21-14-18(2,22)16-8-5-12-25-16)20-9-6-10-23-13-15-7-4-11-24-15;/h5,8,12,15,22H,3-4,6-7,9-11,13-14H2,1-2H3,(H2,19,20,21);1H. The molecule has 2 unspecified atom stereocenters. The lowest BCUT2D eigenvalue weighted by molar-refractivity contribution is 0.0168. The summed E-state index contributed by atoms with van der Waals surface area (Å²) in [4.78, 5) is 4.45. The largest absolute Gasteiger partial charge is 0.466 e. The molecule has 150 valence electrons. The van der Waals surface area contributed by atoms with Crippen LogP contribution < -0.4 is 10.6 Å². The number of nitrogens with zero attached hydrogens (tertiary/aromatic N) is 1. The Balaban J connectivity index is 0.00000338. The first-order valence-corrected chi connectivity index (χ1v) is 9.09. The van der Waals surface area contributed by atoms with E-state index in [0.717, 1.165) is 39.0 Å². The maximum atomic E-state index is 10.4. The molecule has 0 saturated carbocycles. The van der Waals surface area contributed by atoms with Gasteiger partial charge in [0.1, 0.15) is 11.4 Å². The van der Waals surface area contributed by atoms with Crippen LogP contribution in [-0.4, -0.2) is 56.6 Å². The van der Waals surface area contributed by atoms with E-state index in [2.05, 4.69) is 15.6 Å². The molecule has 1 fully saturated rings. The van der Waals surface area contributed by atoms with Crippen molar-refractivity contribution in [3.05, 3.63) is 24.2 Å². The van der Waals surface area contributed by atoms with Crippen molar-refractivity contribution in [2.24, 2.45) is 4.99 Å². The van der Waals surface area contributed by atoms with E-state index in [0.29, 0.717) is 24.9 Å². The average Bonchev–Trinajstić information content (AvgIpc) is 3.29. The van der Waals surface area contributed by atoms with Crippen molar-refractivity contribution >= 4 is 29.9 Å². The Bertz CT molecular complexity index is 503. The topological polar surface area (TPSA) is 88.3 Å². The highest BCUT2D eigenvalue weighted by atomic mass is 127. The molecular weight excluding hydrogens is 449 g/mol. The fourth-order valence-electron chi connectivity index (χ4n) is 2.61. The summed E-state index contributed by atoms with van der Waals surface area (Å²) in [7, 11) is 0. The molecule has 0 spiro atoms. The zero-order chi connectivity index (χ0) is 18.0. The van der Waals surface area contributed by atoms with Crippen LogP contribution in [0.15, 0.2) is 27.8 Å². The number of aliphatic hydroxyl groups is 1. The van der Waals surface area contributed by atoms with Crippen LogP contribution in [0.3, 0.4) is 0 Å². The second kappa shape index (κ2) is 12.5. The van der Waals surface area contributed by atoms with Gasteiger partial charge in [0.25, 0.3) is 0 Å². The summed E-state index contributed by atoms with van der Waals surface area (Å²) >= 11 is 0. The van der Waals surface area contributed by atoms with Crippen molar-refractivity contribution < 1.29 is 19.0 Å². The maximum Gasteiger partial charge on any atom is 0.191 e. The van der Waals surface area contributed by atoms with Gasteiger partial charge in [-0.15, -0.1) is 24.0 Å². The second-order valence-corrected chi connectivity index (χ2v) is 6.44. The van der Waals surface area contributed by atoms with Gasteiger partial charge in [-0.05, 0) is 45.2 Å². The Morgan fingerprint density at radius 3 is 2.96 bits per heavy atom. The minimum atomic E-state index is -1.13. The molecule has 0 amide bonds. The number of halogens is 1. The maximum absolute atomic E-state index is 10.4. The smallest absolute Gasteiger partial charge is 0.191 e. The van der Waals surface area contributed by atoms with Crippen molar-refractivity contribution in [2.75, 3.05) is 39.5 Å². The van der Waals surface area contributed by atoms with Crippen LogP contribution in [0.2, 0.25) is 0 Å². The van der Waals surface area contributed by atoms with Gasteiger partial charge in [0.05, 0.1) is 25.5 Å². The van der Waals surface area contributed by atoms with E-state index >= 15 is 0 Å². The monoisotopic (exact) mass is 481 g/mol. The highest BCUT2D eigenvalue weighted by Crippen LogP contribution is 2.21. The normalized spacial score (nSPS) is 19.7. The molecule has 0 aliphatic carbocycles. The van der Waals surface area contributed by atoms with Crippen molar-refractivity contribution in [1.82, 2.24) is 10.6 Å². The Labute approximate surface area is 172 Å². The fraction of sp³-hybridized carbons (Fsp3) is 0.722. The Hall–Kier alpha value is -0.840. The number of guanidine groups is 1. The molecule has 0 aromatic carbocycles. The first kappa shape index (κ1) is 23.2. The predicted octanol–water partition coefficient (Wildman–Crippen LogP) is 2.25. The Kier molecular flexibility index (Phi) is 11.2. The van der Waals surface area contributed by atoms with Gasteiger partial charge >= 0.3 is 0 Å². The summed E-state index contributed by atoms with van der Waals surface area (Å²) in [6, 6.07) is 3.51. The third-order valence-corrected chi connectivity index (χ3v) is 4.03. The minimum Gasteiger partial charge on any atom is -0.466 e. The number of hydrogen-bond donors (Lipinski definition) is 3. The highest BCUT2D eigenvalue weighted by Gasteiger charge is 2.26. The summed E-state index contributed by atoms with van der Waals surface area (Å²) in [5.41, 5.74) is -1.13. The van der Waals surface area contributed by atoms with E-state index in [9.17, 15) is 5.11 Å². The molecular formula is C18H32IN3O4. The number of hydrogen-bond acceptors (Lipinski definition) is 5. The minimum absolute atomic E-state index is 0. The van der Waals surface area contributed by atoms with Gasteiger partial charge in [-0.1, -0.05) is 0 Å². The van der Waals surface area contributed by atoms with Crippen LogP contribution in [0.4, 0.5) is 0 Å². The summed E-state index contributed by atoms with van der Waals surface area (Å²) in [6.45, 7) is 7.65. The molecule has 8 heteroatoms. The predicted molar refractivity (Wildman–Crippen MR) is 112 cm³/mol. The first-order valence-electron chi connectivity index (χ1n) is 9.09. The molecule has 1 aromatic rings. The third-order valence-electron chi connectivity index (χ3n) is 4.03. The zero-order valence-corrected chi connectivity index (χ0v) is 18.0. The van der Waals surface area contributed by atoms with Crippen LogP contribution in [0.5, 0.6) is 0 Å². The average molecular weight is 481 g/mol. The van der Waals surface area contributed by atoms with E-state index in [4.69, 9.17) is 13.9 Å². The number of rotatable bonds is 10. The molecule has 2 atom stereocenters. The van der Waals surface area contributed by atoms with E-state index in [1.54, 1.807) is 25.3 Å². The summed E-state index contributed by atoms with van der Waals surface area (Å²) < 4.78 is 16.4. The number of furan rings is 1. The van der Waals surface area contributed by atoms with E-state index < -0.39 is 5.60 Å². The molecule has 0 bridgehead atoms. The molecule has 1 aliphatic heterocycles. The lowest BCUT2D eigenvalue weighted by Crippen LogP contribution is -2.39. The van der Waals surface area contributed by atoms with Crippen molar-refractivity contribution in [2.45, 2.75) is 44.8 Å². The molecule has 26 heavy (non-hydrogen) atoms. The first-order chi connectivity index (χ1) is 12.1. The quantitative estimate of drug-likeness (QED) is 0.206. The zero-order valence-electron chi connectivity index (χ0n) is 15.7. The summed E-state index contributed by atoms with van der Waals surface area (Å²) in [5.74, 6) is 1.18. The van der Waals surface area contributed by atoms with E-state index in [-0.39, 0.29) is 36.6 Å². The van der Waals surface area contributed by atoms with Gasteiger partial charge in [0, 0.05) is 26.3 Å². The molecule has 3 N–H and O–H groups in total. The summed E-state index contributed by atoms with van der Waals surface area (Å²) in [6.07, 6.45) is 4.94. The van der Waals surface area contributed by atoms with E-state index in [1.165, 1.54) is 0 Å². The number of ether oxygens (including phenoxy) is 2. The molecule has 1 aliphatic rings. The van der Waals surface area contributed by atoms with Crippen LogP contribution in [0, 0.1) is 0 Å². The second-order valence-electron chi connectivity index (χ2n) is 6.44. The Morgan fingerprint density at radius 2 is 2.31 bits per heavy atom. The lowest BCUT2D eigenvalue weighted by Gasteiger charge is -2.19. The molecule has 2 heterocycles. The molecule has 1 saturated heterocycles. The van der Waals surface area contributed by atoms with E-state index in [1.807, 2.05) is 6.92 Å². The number of nitrogens with one attached hydrogen (secondary N) is 2. The van der Waals surface area contributed by atoms with Crippen LogP contribution in [0.25, 0.3) is 0 Å². The third kappa shape index (κ3) is 8.24. The molecule has 2 rings (SSSR count). The van der Waals surface area contributed by atoms with Crippen LogP contribution >= 0.6 is 24.0 Å². The van der Waals surface area contributed by atoms with Crippen molar-refractivity contribution in [1.29, 1.82) is 0 Å². The number of aliphatic imine (C=N–C) groups is 1. The van der Waals surface area contributed by atoms with Gasteiger partial charge in [0.15, 0.2) is 5.96 Å². The van der Waals surface area contributed by atoms with Gasteiger partial charge < -0.3 is 29.6 Å². The van der Waals surface area contributed by atoms with Gasteiger partial charge in [-0.2, -0.15) is 0 Å². The highest BCUT2D eigenvalue weighted by molar-refractivity contribution is 14.0. The molecule has 7 nitrogen and oxygen atoms in total. The summed E-state index contributed by atoms with van der Waals surface area (Å²) in [5, 5.41) is 16.9. The van der Waals surface area contributed by atoms with Gasteiger partial charge in [-0.25, -0.2) is 4.99 Å². The van der Waals surface area contributed by atoms with Crippen molar-refractivity contribution in [3.8, 4) is 0 Å². The SMILES string of the molecule is CCNC(=NCC(C)(O)c1ccco1)NCCCOCC1CCCO1.I. The van der Waals surface area contributed by atoms with Crippen LogP contribution in [-0.2, 0) is 15.1 Å². The fourth-order valence-corrected chi connectivity index (χ4v) is 2.61. The lowest BCUT2D eigenvalue weighted by atomic mass is 10.0. The Morgan fingerprint density at radius 1 is 1.46 bits per heavy atom. The van der Waals surface area contributed by atoms with Gasteiger partial charge in [0.2, 0.25) is 0 Å². The van der Waals surface area contributed by atoms with Gasteiger partial charge in [-0.3, -0.25) is 0 Å². The molecule has 1 aromatic heterocycles. The molecule has 0 radical (unpaired) electrons.